The monoisotopic (exact) mass is 505 g/mol. The van der Waals surface area contributed by atoms with Crippen LogP contribution in [-0.2, 0) is 25.9 Å². The molecular formula is C25H35N3O6S. The van der Waals surface area contributed by atoms with Crippen molar-refractivity contribution in [1.82, 2.24) is 9.62 Å². The van der Waals surface area contributed by atoms with E-state index in [1.807, 2.05) is 44.2 Å². The first-order valence-corrected chi connectivity index (χ1v) is 13.1. The summed E-state index contributed by atoms with van der Waals surface area (Å²) < 4.78 is 39.2. The lowest BCUT2D eigenvalue weighted by Crippen LogP contribution is -2.63. The van der Waals surface area contributed by atoms with Gasteiger partial charge in [-0.05, 0) is 49.1 Å². The Morgan fingerprint density at radius 1 is 1.23 bits per heavy atom. The third-order valence-corrected chi connectivity index (χ3v) is 7.87. The van der Waals surface area contributed by atoms with Crippen molar-refractivity contribution in [1.29, 1.82) is 0 Å². The molecule has 1 heterocycles. The lowest BCUT2D eigenvalue weighted by molar-refractivity contribution is -0.0778. The average Bonchev–Trinajstić information content (AvgIpc) is 3.30. The van der Waals surface area contributed by atoms with E-state index in [1.54, 1.807) is 0 Å². The Bertz CT molecular complexity index is 1070. The fraction of sp³-hybridized carbons (Fsp3) is 0.480. The number of hydrogen-bond donors (Lipinski definition) is 3. The van der Waals surface area contributed by atoms with E-state index < -0.39 is 27.9 Å². The van der Waals surface area contributed by atoms with Crippen LogP contribution in [0.15, 0.2) is 59.5 Å². The normalized spacial score (nSPS) is 18.9. The van der Waals surface area contributed by atoms with Crippen molar-refractivity contribution in [3.8, 4) is 0 Å². The minimum Gasteiger partial charge on any atom is -0.444 e. The number of nitrogens with one attached hydrogen (secondary N) is 1. The van der Waals surface area contributed by atoms with E-state index in [-0.39, 0.29) is 29.9 Å². The molecule has 9 nitrogen and oxygen atoms in total. The maximum absolute atomic E-state index is 13.7. The lowest BCUT2D eigenvalue weighted by Gasteiger charge is -2.42. The second-order valence-corrected chi connectivity index (χ2v) is 11.2. The maximum atomic E-state index is 13.7. The van der Waals surface area contributed by atoms with E-state index in [1.165, 1.54) is 31.2 Å². The first kappa shape index (κ1) is 26.9. The SMILES string of the molecule is CC(C)CN([C@@](C)(O)C(Cc1ccccc1)NC(=O)O[C@H]1CCOC1)S(=O)(=O)c1ccc(N)cc1. The molecule has 2 aromatic rings. The van der Waals surface area contributed by atoms with Crippen molar-refractivity contribution < 1.29 is 27.8 Å². The highest BCUT2D eigenvalue weighted by molar-refractivity contribution is 7.89. The molecule has 3 rings (SSSR count). The van der Waals surface area contributed by atoms with Crippen LogP contribution >= 0.6 is 0 Å². The number of benzene rings is 2. The van der Waals surface area contributed by atoms with Crippen LogP contribution in [-0.4, -0.2) is 61.6 Å². The summed E-state index contributed by atoms with van der Waals surface area (Å²) in [5.41, 5.74) is 4.99. The van der Waals surface area contributed by atoms with Crippen molar-refractivity contribution in [2.45, 2.75) is 56.4 Å². The number of hydrogen-bond acceptors (Lipinski definition) is 7. The van der Waals surface area contributed by atoms with Crippen molar-refractivity contribution in [2.75, 3.05) is 25.5 Å². The summed E-state index contributed by atoms with van der Waals surface area (Å²) >= 11 is 0. The van der Waals surface area contributed by atoms with E-state index in [4.69, 9.17) is 15.2 Å². The fourth-order valence-electron chi connectivity index (χ4n) is 3.96. The fourth-order valence-corrected chi connectivity index (χ4v) is 5.81. The van der Waals surface area contributed by atoms with Gasteiger partial charge in [-0.2, -0.15) is 4.31 Å². The first-order chi connectivity index (χ1) is 16.5. The van der Waals surface area contributed by atoms with Crippen LogP contribution in [0.2, 0.25) is 0 Å². The zero-order valence-corrected chi connectivity index (χ0v) is 21.2. The number of rotatable bonds is 10. The van der Waals surface area contributed by atoms with Gasteiger partial charge in [0.25, 0.3) is 0 Å². The smallest absolute Gasteiger partial charge is 0.407 e. The molecule has 4 N–H and O–H groups in total. The van der Waals surface area contributed by atoms with Crippen LogP contribution in [0.4, 0.5) is 10.5 Å². The molecule has 35 heavy (non-hydrogen) atoms. The largest absolute Gasteiger partial charge is 0.444 e. The van der Waals surface area contributed by atoms with E-state index >= 15 is 0 Å². The Morgan fingerprint density at radius 2 is 1.89 bits per heavy atom. The number of sulfonamides is 1. The lowest BCUT2D eigenvalue weighted by atomic mass is 9.97. The molecule has 10 heteroatoms. The maximum Gasteiger partial charge on any atom is 0.407 e. The minimum absolute atomic E-state index is 0.00299. The third-order valence-electron chi connectivity index (χ3n) is 5.90. The van der Waals surface area contributed by atoms with E-state index in [0.717, 1.165) is 9.87 Å². The molecule has 2 aromatic carbocycles. The Morgan fingerprint density at radius 3 is 2.46 bits per heavy atom. The van der Waals surface area contributed by atoms with Crippen LogP contribution in [0.5, 0.6) is 0 Å². The molecule has 1 fully saturated rings. The van der Waals surface area contributed by atoms with E-state index in [9.17, 15) is 18.3 Å². The second kappa shape index (κ2) is 11.4. The van der Waals surface area contributed by atoms with Gasteiger partial charge in [-0.1, -0.05) is 44.2 Å². The van der Waals surface area contributed by atoms with Gasteiger partial charge in [0, 0.05) is 18.7 Å². The molecule has 192 valence electrons. The van der Waals surface area contributed by atoms with Crippen molar-refractivity contribution in [2.24, 2.45) is 5.92 Å². The predicted octanol–water partition coefficient (Wildman–Crippen LogP) is 2.75. The van der Waals surface area contributed by atoms with Gasteiger partial charge in [0.15, 0.2) is 0 Å². The van der Waals surface area contributed by atoms with Crippen molar-refractivity contribution >= 4 is 21.8 Å². The van der Waals surface area contributed by atoms with E-state index in [2.05, 4.69) is 5.32 Å². The van der Waals surface area contributed by atoms with Gasteiger partial charge in [-0.15, -0.1) is 0 Å². The van der Waals surface area contributed by atoms with Gasteiger partial charge in [0.1, 0.15) is 11.8 Å². The molecule has 3 atom stereocenters. The summed E-state index contributed by atoms with van der Waals surface area (Å²) in [5, 5.41) is 14.6. The summed E-state index contributed by atoms with van der Waals surface area (Å²) in [6.45, 7) is 5.95. The number of nitrogen functional groups attached to an aromatic ring is 1. The predicted molar refractivity (Wildman–Crippen MR) is 133 cm³/mol. The Labute approximate surface area is 207 Å². The summed E-state index contributed by atoms with van der Waals surface area (Å²) in [6.07, 6.45) is -0.368. The topological polar surface area (TPSA) is 131 Å². The molecule has 0 aromatic heterocycles. The number of alkyl carbamates (subject to hydrolysis) is 1. The van der Waals surface area contributed by atoms with Crippen LogP contribution in [0.25, 0.3) is 0 Å². The Hall–Kier alpha value is -2.66. The Balaban J connectivity index is 1.96. The summed E-state index contributed by atoms with van der Waals surface area (Å²) in [6, 6.07) is 14.0. The second-order valence-electron chi connectivity index (χ2n) is 9.37. The van der Waals surface area contributed by atoms with Crippen LogP contribution in [0.3, 0.4) is 0 Å². The van der Waals surface area contributed by atoms with Crippen LogP contribution < -0.4 is 11.1 Å². The first-order valence-electron chi connectivity index (χ1n) is 11.7. The number of nitrogens with zero attached hydrogens (tertiary/aromatic N) is 1. The van der Waals surface area contributed by atoms with Crippen molar-refractivity contribution in [3.63, 3.8) is 0 Å². The molecule has 1 unspecified atom stereocenters. The molecule has 0 radical (unpaired) electrons. The summed E-state index contributed by atoms with van der Waals surface area (Å²) in [4.78, 5) is 12.8. The molecule has 0 bridgehead atoms. The molecule has 0 saturated carbocycles. The van der Waals surface area contributed by atoms with Gasteiger partial charge in [0.2, 0.25) is 10.0 Å². The minimum atomic E-state index is -4.15. The third kappa shape index (κ3) is 6.94. The quantitative estimate of drug-likeness (QED) is 0.334. The standard InChI is InChI=1S/C25H35N3O6S/c1-18(2)16-28(35(31,32)22-11-9-20(26)10-12-22)25(3,30)23(15-19-7-5-4-6-8-19)27-24(29)34-21-13-14-33-17-21/h4-12,18,21,23,30H,13-17,26H2,1-3H3,(H,27,29)/t21-,23?,25-/m0/s1. The summed E-state index contributed by atoms with van der Waals surface area (Å²) in [7, 11) is -4.15. The van der Waals surface area contributed by atoms with Gasteiger partial charge < -0.3 is 25.6 Å². The highest BCUT2D eigenvalue weighted by Gasteiger charge is 2.46. The molecular weight excluding hydrogens is 470 g/mol. The van der Waals surface area contributed by atoms with Gasteiger partial charge in [-0.3, -0.25) is 0 Å². The molecule has 1 aliphatic heterocycles. The summed E-state index contributed by atoms with van der Waals surface area (Å²) in [5.74, 6) is -0.106. The average molecular weight is 506 g/mol. The zero-order valence-electron chi connectivity index (χ0n) is 20.4. The number of amides is 1. The van der Waals surface area contributed by atoms with Crippen LogP contribution in [0.1, 0.15) is 32.8 Å². The number of nitrogens with two attached hydrogens (primary N) is 1. The van der Waals surface area contributed by atoms with Gasteiger partial charge in [-0.25, -0.2) is 13.2 Å². The van der Waals surface area contributed by atoms with E-state index in [0.29, 0.717) is 25.3 Å². The number of anilines is 1. The zero-order chi connectivity index (χ0) is 25.6. The molecule has 0 aliphatic carbocycles. The molecule has 0 spiro atoms. The number of ether oxygens (including phenoxy) is 2. The molecule has 1 amide bonds. The van der Waals surface area contributed by atoms with Gasteiger partial charge >= 0.3 is 6.09 Å². The highest BCUT2D eigenvalue weighted by Crippen LogP contribution is 2.29. The van der Waals surface area contributed by atoms with Gasteiger partial charge in [0.05, 0.1) is 24.2 Å². The number of aliphatic hydroxyl groups is 1. The Kier molecular flexibility index (Phi) is 8.76. The van der Waals surface area contributed by atoms with Crippen molar-refractivity contribution in [3.05, 3.63) is 60.2 Å². The highest BCUT2D eigenvalue weighted by atomic mass is 32.2. The van der Waals surface area contributed by atoms with Crippen LogP contribution in [0, 0.1) is 5.92 Å². The number of carbonyl (C=O) groups excluding carboxylic acids is 1. The number of carbonyl (C=O) groups is 1. The molecule has 1 aliphatic rings. The molecule has 1 saturated heterocycles.